The van der Waals surface area contributed by atoms with Gasteiger partial charge >= 0.3 is 0 Å². The highest BCUT2D eigenvalue weighted by Crippen LogP contribution is 2.64. The van der Waals surface area contributed by atoms with Crippen LogP contribution in [0, 0.1) is 17.3 Å². The molecule has 6 nitrogen and oxygen atoms in total. The van der Waals surface area contributed by atoms with Crippen LogP contribution in [0.3, 0.4) is 0 Å². The van der Waals surface area contributed by atoms with E-state index in [1.165, 1.54) is 19.3 Å². The van der Waals surface area contributed by atoms with E-state index in [1.54, 1.807) is 0 Å². The maximum atomic E-state index is 13.6. The summed E-state index contributed by atoms with van der Waals surface area (Å²) in [5, 5.41) is 0. The average molecular weight is 454 g/mol. The van der Waals surface area contributed by atoms with Gasteiger partial charge in [0.15, 0.2) is 0 Å². The Labute approximate surface area is 176 Å². The van der Waals surface area contributed by atoms with Gasteiger partial charge in [-0.15, -0.1) is 0 Å². The van der Waals surface area contributed by atoms with Crippen molar-refractivity contribution in [2.45, 2.75) is 42.8 Å². The SMILES string of the molecule is O=C(CN1CCOCC1)N1CCN(C(=O)C23CC4CC(CC(Br)(C4)C2)C3)CC1. The first-order valence-corrected chi connectivity index (χ1v) is 11.8. The van der Waals surface area contributed by atoms with Crippen molar-refractivity contribution in [1.29, 1.82) is 0 Å². The first kappa shape index (κ1) is 19.3. The number of alkyl halides is 1. The van der Waals surface area contributed by atoms with Crippen LogP contribution in [0.4, 0.5) is 0 Å². The first-order valence-electron chi connectivity index (χ1n) is 11.0. The van der Waals surface area contributed by atoms with E-state index in [9.17, 15) is 9.59 Å². The molecule has 6 rings (SSSR count). The van der Waals surface area contributed by atoms with Crippen LogP contribution < -0.4 is 0 Å². The van der Waals surface area contributed by atoms with E-state index in [-0.39, 0.29) is 15.6 Å². The number of rotatable bonds is 3. The Morgan fingerprint density at radius 2 is 1.50 bits per heavy atom. The number of piperazine rings is 1. The van der Waals surface area contributed by atoms with E-state index in [0.29, 0.717) is 51.8 Å². The van der Waals surface area contributed by atoms with Crippen molar-refractivity contribution < 1.29 is 14.3 Å². The highest BCUT2D eigenvalue weighted by molar-refractivity contribution is 9.10. The Morgan fingerprint density at radius 3 is 2.11 bits per heavy atom. The van der Waals surface area contributed by atoms with Gasteiger partial charge in [-0.2, -0.15) is 0 Å². The number of amides is 2. The zero-order valence-corrected chi connectivity index (χ0v) is 18.3. The number of carbonyl (C=O) groups is 2. The fraction of sp³-hybridized carbons (Fsp3) is 0.905. The van der Waals surface area contributed by atoms with E-state index in [4.69, 9.17) is 4.74 Å². The van der Waals surface area contributed by atoms with Gasteiger partial charge in [0.2, 0.25) is 11.8 Å². The van der Waals surface area contributed by atoms with Crippen molar-refractivity contribution in [3.05, 3.63) is 0 Å². The van der Waals surface area contributed by atoms with Crippen LogP contribution in [-0.4, -0.2) is 89.9 Å². The average Bonchev–Trinajstić information content (AvgIpc) is 2.66. The van der Waals surface area contributed by atoms with Gasteiger partial charge in [0, 0.05) is 43.6 Å². The Balaban J connectivity index is 1.18. The molecule has 2 amide bonds. The molecule has 0 aromatic heterocycles. The van der Waals surface area contributed by atoms with Crippen molar-refractivity contribution in [3.8, 4) is 0 Å². The summed E-state index contributed by atoms with van der Waals surface area (Å²) < 4.78 is 5.57. The molecule has 4 aliphatic carbocycles. The first-order chi connectivity index (χ1) is 13.4. The summed E-state index contributed by atoms with van der Waals surface area (Å²) in [4.78, 5) is 32.4. The number of hydrogen-bond donors (Lipinski definition) is 0. The monoisotopic (exact) mass is 453 g/mol. The molecule has 4 bridgehead atoms. The summed E-state index contributed by atoms with van der Waals surface area (Å²) in [6.45, 7) is 6.33. The van der Waals surface area contributed by atoms with Crippen LogP contribution in [0.25, 0.3) is 0 Å². The molecular formula is C21H32BrN3O3. The summed E-state index contributed by atoms with van der Waals surface area (Å²) in [7, 11) is 0. The number of halogens is 1. The number of carbonyl (C=O) groups excluding carboxylic acids is 2. The minimum atomic E-state index is -0.131. The van der Waals surface area contributed by atoms with Crippen LogP contribution in [-0.2, 0) is 14.3 Å². The predicted octanol–water partition coefficient (Wildman–Crippen LogP) is 1.72. The predicted molar refractivity (Wildman–Crippen MR) is 109 cm³/mol. The lowest BCUT2D eigenvalue weighted by Gasteiger charge is -2.60. The second-order valence-corrected chi connectivity index (χ2v) is 11.6. The highest BCUT2D eigenvalue weighted by Gasteiger charge is 2.60. The maximum Gasteiger partial charge on any atom is 0.236 e. The van der Waals surface area contributed by atoms with Gasteiger partial charge in [-0.1, -0.05) is 15.9 Å². The Kier molecular flexibility index (Phi) is 4.99. The van der Waals surface area contributed by atoms with Crippen molar-refractivity contribution in [2.24, 2.45) is 17.3 Å². The molecule has 0 radical (unpaired) electrons. The second kappa shape index (κ2) is 7.24. The molecule has 2 atom stereocenters. The van der Waals surface area contributed by atoms with Gasteiger partial charge in [-0.25, -0.2) is 0 Å². The zero-order chi connectivity index (χ0) is 19.4. The van der Waals surface area contributed by atoms with Gasteiger partial charge in [0.25, 0.3) is 0 Å². The van der Waals surface area contributed by atoms with Crippen molar-refractivity contribution in [2.75, 3.05) is 59.0 Å². The van der Waals surface area contributed by atoms with E-state index in [0.717, 1.165) is 44.2 Å². The lowest BCUT2D eigenvalue weighted by molar-refractivity contribution is -0.158. The van der Waals surface area contributed by atoms with E-state index >= 15 is 0 Å². The molecule has 2 saturated heterocycles. The van der Waals surface area contributed by atoms with Crippen LogP contribution in [0.1, 0.15) is 38.5 Å². The smallest absolute Gasteiger partial charge is 0.236 e. The van der Waals surface area contributed by atoms with Gasteiger partial charge in [-0.05, 0) is 50.4 Å². The molecule has 28 heavy (non-hydrogen) atoms. The molecule has 0 aromatic rings. The lowest BCUT2D eigenvalue weighted by Crippen LogP contribution is -2.61. The van der Waals surface area contributed by atoms with E-state index in [1.807, 2.05) is 4.90 Å². The Morgan fingerprint density at radius 1 is 0.893 bits per heavy atom. The van der Waals surface area contributed by atoms with Crippen molar-refractivity contribution in [3.63, 3.8) is 0 Å². The number of hydrogen-bond acceptors (Lipinski definition) is 4. The summed E-state index contributed by atoms with van der Waals surface area (Å²) in [5.74, 6) is 2.02. The fourth-order valence-electron chi connectivity index (χ4n) is 6.95. The molecule has 2 heterocycles. The van der Waals surface area contributed by atoms with Crippen LogP contribution in [0.15, 0.2) is 0 Å². The van der Waals surface area contributed by atoms with Gasteiger partial charge in [0.05, 0.1) is 25.2 Å². The number of nitrogens with zero attached hydrogens (tertiary/aromatic N) is 3. The fourth-order valence-corrected chi connectivity index (χ4v) is 8.40. The molecule has 156 valence electrons. The zero-order valence-electron chi connectivity index (χ0n) is 16.7. The molecule has 0 aromatic carbocycles. The molecule has 7 heteroatoms. The van der Waals surface area contributed by atoms with Gasteiger partial charge < -0.3 is 14.5 Å². The summed E-state index contributed by atoms with van der Waals surface area (Å²) >= 11 is 4.02. The van der Waals surface area contributed by atoms with Crippen LogP contribution >= 0.6 is 15.9 Å². The molecule has 0 N–H and O–H groups in total. The molecule has 6 fully saturated rings. The van der Waals surface area contributed by atoms with Crippen LogP contribution in [0.2, 0.25) is 0 Å². The van der Waals surface area contributed by atoms with Crippen molar-refractivity contribution >= 4 is 27.7 Å². The Bertz CT molecular complexity index is 629. The minimum Gasteiger partial charge on any atom is -0.379 e. The highest BCUT2D eigenvalue weighted by atomic mass is 79.9. The van der Waals surface area contributed by atoms with Gasteiger partial charge in [-0.3, -0.25) is 14.5 Å². The number of ether oxygens (including phenoxy) is 1. The van der Waals surface area contributed by atoms with E-state index in [2.05, 4.69) is 25.7 Å². The Hall–Kier alpha value is -0.660. The second-order valence-electron chi connectivity index (χ2n) is 9.95. The molecule has 2 aliphatic heterocycles. The topological polar surface area (TPSA) is 53.1 Å². The normalized spacial score (nSPS) is 40.8. The molecule has 4 saturated carbocycles. The summed E-state index contributed by atoms with van der Waals surface area (Å²) in [6.07, 6.45) is 7.02. The molecule has 0 spiro atoms. The molecule has 6 aliphatic rings. The van der Waals surface area contributed by atoms with E-state index < -0.39 is 0 Å². The lowest BCUT2D eigenvalue weighted by atomic mass is 9.49. The number of morpholine rings is 1. The summed E-state index contributed by atoms with van der Waals surface area (Å²) in [6, 6.07) is 0. The molecule has 2 unspecified atom stereocenters. The summed E-state index contributed by atoms with van der Waals surface area (Å²) in [5.41, 5.74) is -0.131. The van der Waals surface area contributed by atoms with Crippen molar-refractivity contribution in [1.82, 2.24) is 14.7 Å². The quantitative estimate of drug-likeness (QED) is 0.610. The van der Waals surface area contributed by atoms with Crippen LogP contribution in [0.5, 0.6) is 0 Å². The molecular weight excluding hydrogens is 422 g/mol. The standard InChI is InChI=1S/C21H32BrN3O3/c22-21-12-16-9-17(13-21)11-20(10-16,15-21)19(27)25-3-1-24(2-4-25)18(26)14-23-5-7-28-8-6-23/h16-17H,1-15H2. The third-order valence-electron chi connectivity index (χ3n) is 7.83. The third kappa shape index (κ3) is 3.52. The third-order valence-corrected chi connectivity index (χ3v) is 8.75. The largest absolute Gasteiger partial charge is 0.379 e. The minimum absolute atomic E-state index is 0.131. The van der Waals surface area contributed by atoms with Gasteiger partial charge in [0.1, 0.15) is 0 Å². The maximum absolute atomic E-state index is 13.6.